The van der Waals surface area contributed by atoms with Crippen LogP contribution in [0.4, 0.5) is 0 Å². The lowest BCUT2D eigenvalue weighted by molar-refractivity contribution is -0.000550. The van der Waals surface area contributed by atoms with Gasteiger partial charge in [0.1, 0.15) is 0 Å². The molecule has 2 heterocycles. The number of sulfone groups is 1. The first-order valence-corrected chi connectivity index (χ1v) is 10.6. The van der Waals surface area contributed by atoms with Crippen LogP contribution < -0.4 is 0 Å². The van der Waals surface area contributed by atoms with Crippen molar-refractivity contribution in [3.05, 3.63) is 12.7 Å². The SMILES string of the molecule is C=CCCCCCCCCC1(O)CC2CCCC(C1)S2(=O)=O. The standard InChI is InChI=1S/C18H32O3S/c1-2-3-4-5-6-7-8-9-13-18(19)14-16-11-10-12-17(15-18)22(16,20)21/h2,16-17,19H,1,3-15H2. The van der Waals surface area contributed by atoms with Crippen molar-refractivity contribution in [2.45, 2.75) is 99.6 Å². The molecule has 2 aliphatic rings. The van der Waals surface area contributed by atoms with Crippen LogP contribution in [-0.4, -0.2) is 29.6 Å². The summed E-state index contributed by atoms with van der Waals surface area (Å²) in [6.45, 7) is 3.73. The Morgan fingerprint density at radius 2 is 1.55 bits per heavy atom. The van der Waals surface area contributed by atoms with Crippen LogP contribution in [0.3, 0.4) is 0 Å². The zero-order valence-electron chi connectivity index (χ0n) is 13.8. The van der Waals surface area contributed by atoms with Gasteiger partial charge in [-0.05, 0) is 44.9 Å². The Kier molecular flexibility index (Phi) is 6.51. The number of hydrogen-bond acceptors (Lipinski definition) is 3. The van der Waals surface area contributed by atoms with Crippen molar-refractivity contribution >= 4 is 9.84 Å². The average molecular weight is 329 g/mol. The van der Waals surface area contributed by atoms with Gasteiger partial charge in [0.25, 0.3) is 0 Å². The molecule has 0 spiro atoms. The summed E-state index contributed by atoms with van der Waals surface area (Å²) >= 11 is 0. The van der Waals surface area contributed by atoms with Gasteiger partial charge in [0.05, 0.1) is 16.1 Å². The zero-order chi connectivity index (χ0) is 16.1. The van der Waals surface area contributed by atoms with Crippen LogP contribution in [0.25, 0.3) is 0 Å². The van der Waals surface area contributed by atoms with E-state index in [2.05, 4.69) is 6.58 Å². The van der Waals surface area contributed by atoms with E-state index < -0.39 is 15.4 Å². The topological polar surface area (TPSA) is 54.4 Å². The molecule has 2 atom stereocenters. The van der Waals surface area contributed by atoms with Crippen LogP contribution >= 0.6 is 0 Å². The third-order valence-electron chi connectivity index (χ3n) is 5.50. The minimum Gasteiger partial charge on any atom is -0.390 e. The number of unbranched alkanes of at least 4 members (excludes halogenated alkanes) is 6. The van der Waals surface area contributed by atoms with Crippen LogP contribution in [0.15, 0.2) is 12.7 Å². The number of fused-ring (bicyclic) bond motifs is 2. The van der Waals surface area contributed by atoms with Gasteiger partial charge in [-0.3, -0.25) is 0 Å². The molecule has 2 rings (SSSR count). The molecule has 2 saturated heterocycles. The molecule has 0 aromatic carbocycles. The summed E-state index contributed by atoms with van der Waals surface area (Å²) in [5.41, 5.74) is -0.718. The molecule has 2 unspecified atom stereocenters. The lowest BCUT2D eigenvalue weighted by atomic mass is 9.82. The van der Waals surface area contributed by atoms with E-state index in [0.29, 0.717) is 12.8 Å². The first-order valence-electron chi connectivity index (χ1n) is 9.04. The molecule has 22 heavy (non-hydrogen) atoms. The first-order chi connectivity index (χ1) is 10.5. The van der Waals surface area contributed by atoms with Crippen molar-refractivity contribution in [1.82, 2.24) is 0 Å². The summed E-state index contributed by atoms with van der Waals surface area (Å²) in [5, 5.41) is 10.3. The van der Waals surface area contributed by atoms with Crippen LogP contribution in [0.5, 0.6) is 0 Å². The van der Waals surface area contributed by atoms with Crippen molar-refractivity contribution in [1.29, 1.82) is 0 Å². The smallest absolute Gasteiger partial charge is 0.156 e. The summed E-state index contributed by atoms with van der Waals surface area (Å²) in [4.78, 5) is 0. The van der Waals surface area contributed by atoms with E-state index in [4.69, 9.17) is 0 Å². The van der Waals surface area contributed by atoms with Crippen molar-refractivity contribution in [3.8, 4) is 0 Å². The fraction of sp³-hybridized carbons (Fsp3) is 0.889. The largest absolute Gasteiger partial charge is 0.390 e. The molecule has 2 bridgehead atoms. The quantitative estimate of drug-likeness (QED) is 0.511. The number of allylic oxidation sites excluding steroid dienone is 1. The maximum Gasteiger partial charge on any atom is 0.156 e. The van der Waals surface area contributed by atoms with E-state index in [9.17, 15) is 13.5 Å². The summed E-state index contributed by atoms with van der Waals surface area (Å²) in [6, 6.07) is 0. The molecule has 0 saturated carbocycles. The molecule has 0 aromatic heterocycles. The second kappa shape index (κ2) is 7.96. The molecular formula is C18H32O3S. The summed E-state index contributed by atoms with van der Waals surface area (Å²) < 4.78 is 24.5. The number of aliphatic hydroxyl groups is 1. The third kappa shape index (κ3) is 4.58. The molecule has 2 aliphatic heterocycles. The van der Waals surface area contributed by atoms with Gasteiger partial charge in [-0.25, -0.2) is 8.42 Å². The maximum absolute atomic E-state index is 12.3. The molecule has 0 aliphatic carbocycles. The second-order valence-corrected chi connectivity index (χ2v) is 9.86. The molecule has 0 radical (unpaired) electrons. The molecule has 128 valence electrons. The van der Waals surface area contributed by atoms with E-state index in [1.54, 1.807) is 0 Å². The van der Waals surface area contributed by atoms with Crippen LogP contribution in [0.1, 0.15) is 83.5 Å². The lowest BCUT2D eigenvalue weighted by Crippen LogP contribution is -2.51. The van der Waals surface area contributed by atoms with Gasteiger partial charge in [-0.1, -0.05) is 44.6 Å². The molecule has 0 aromatic rings. The van der Waals surface area contributed by atoms with Gasteiger partial charge in [-0.15, -0.1) is 6.58 Å². The lowest BCUT2D eigenvalue weighted by Gasteiger charge is -2.44. The molecular weight excluding hydrogens is 296 g/mol. The fourth-order valence-electron chi connectivity index (χ4n) is 4.20. The van der Waals surface area contributed by atoms with E-state index in [0.717, 1.165) is 44.9 Å². The number of rotatable bonds is 9. The minimum absolute atomic E-state index is 0.274. The summed E-state index contributed by atoms with van der Waals surface area (Å²) in [5.74, 6) is 0. The zero-order valence-corrected chi connectivity index (χ0v) is 14.6. The predicted octanol–water partition coefficient (Wildman–Crippen LogP) is 4.15. The molecule has 3 nitrogen and oxygen atoms in total. The van der Waals surface area contributed by atoms with Gasteiger partial charge in [-0.2, -0.15) is 0 Å². The van der Waals surface area contributed by atoms with Gasteiger partial charge in [0.2, 0.25) is 0 Å². The predicted molar refractivity (Wildman–Crippen MR) is 91.7 cm³/mol. The normalized spacial score (nSPS) is 33.5. The van der Waals surface area contributed by atoms with Crippen LogP contribution in [-0.2, 0) is 9.84 Å². The molecule has 1 N–H and O–H groups in total. The Labute approximate surface area is 136 Å². The highest BCUT2D eigenvalue weighted by molar-refractivity contribution is 7.92. The molecule has 2 fully saturated rings. The minimum atomic E-state index is -2.95. The van der Waals surface area contributed by atoms with Gasteiger partial charge in [0, 0.05) is 0 Å². The Bertz CT molecular complexity index is 435. The molecule has 0 amide bonds. The van der Waals surface area contributed by atoms with Crippen molar-refractivity contribution in [3.63, 3.8) is 0 Å². The van der Waals surface area contributed by atoms with Gasteiger partial charge < -0.3 is 5.11 Å². The number of hydrogen-bond donors (Lipinski definition) is 1. The van der Waals surface area contributed by atoms with Crippen molar-refractivity contribution < 1.29 is 13.5 Å². The van der Waals surface area contributed by atoms with E-state index in [1.165, 1.54) is 25.7 Å². The summed E-state index contributed by atoms with van der Waals surface area (Å²) in [7, 11) is -2.95. The monoisotopic (exact) mass is 328 g/mol. The van der Waals surface area contributed by atoms with Gasteiger partial charge >= 0.3 is 0 Å². The fourth-order valence-corrected chi connectivity index (χ4v) is 6.82. The Morgan fingerprint density at radius 1 is 1.00 bits per heavy atom. The summed E-state index contributed by atoms with van der Waals surface area (Å²) in [6.07, 6.45) is 14.5. The van der Waals surface area contributed by atoms with E-state index in [-0.39, 0.29) is 10.5 Å². The highest BCUT2D eigenvalue weighted by Crippen LogP contribution is 2.43. The Hall–Kier alpha value is -0.350. The Morgan fingerprint density at radius 3 is 2.14 bits per heavy atom. The van der Waals surface area contributed by atoms with Crippen LogP contribution in [0, 0.1) is 0 Å². The van der Waals surface area contributed by atoms with Crippen molar-refractivity contribution in [2.24, 2.45) is 0 Å². The van der Waals surface area contributed by atoms with E-state index >= 15 is 0 Å². The van der Waals surface area contributed by atoms with Crippen LogP contribution in [0.2, 0.25) is 0 Å². The average Bonchev–Trinajstić information content (AvgIpc) is 2.44. The first kappa shape index (κ1) is 18.0. The second-order valence-electron chi connectivity index (χ2n) is 7.35. The Balaban J connectivity index is 1.69. The highest BCUT2D eigenvalue weighted by atomic mass is 32.2. The molecule has 4 heteroatoms. The highest BCUT2D eigenvalue weighted by Gasteiger charge is 2.49. The third-order valence-corrected chi connectivity index (χ3v) is 8.16. The van der Waals surface area contributed by atoms with E-state index in [1.807, 2.05) is 6.08 Å². The van der Waals surface area contributed by atoms with Crippen molar-refractivity contribution in [2.75, 3.05) is 0 Å². The maximum atomic E-state index is 12.3. The van der Waals surface area contributed by atoms with Gasteiger partial charge in [0.15, 0.2) is 9.84 Å².